The van der Waals surface area contributed by atoms with Gasteiger partial charge in [0.2, 0.25) is 0 Å². The maximum Gasteiger partial charge on any atom is 0.332 e. The highest BCUT2D eigenvalue weighted by Gasteiger charge is 2.59. The molecule has 0 saturated carbocycles. The van der Waals surface area contributed by atoms with E-state index in [0.29, 0.717) is 30.2 Å². The third kappa shape index (κ3) is 2.18. The van der Waals surface area contributed by atoms with Gasteiger partial charge in [0.05, 0.1) is 25.6 Å². The lowest BCUT2D eigenvalue weighted by Crippen LogP contribution is -2.49. The number of hydrogen-bond acceptors (Lipinski definition) is 4. The summed E-state index contributed by atoms with van der Waals surface area (Å²) < 4.78 is 10.7. The van der Waals surface area contributed by atoms with Crippen LogP contribution in [0.2, 0.25) is 0 Å². The first-order valence-corrected chi connectivity index (χ1v) is 9.49. The number of rotatable bonds is 3. The number of carbonyl (C=O) groups is 2. The Hall–Kier alpha value is -3.48. The van der Waals surface area contributed by atoms with Crippen molar-refractivity contribution in [3.63, 3.8) is 0 Å². The maximum atomic E-state index is 13.7. The first-order chi connectivity index (χ1) is 14.0. The fourth-order valence-corrected chi connectivity index (χ4v) is 4.58. The summed E-state index contributed by atoms with van der Waals surface area (Å²) >= 11 is 0. The van der Waals surface area contributed by atoms with Crippen LogP contribution in [0.5, 0.6) is 11.5 Å². The van der Waals surface area contributed by atoms with Crippen LogP contribution in [0.1, 0.15) is 18.2 Å². The summed E-state index contributed by atoms with van der Waals surface area (Å²) in [7, 11) is 3.06. The highest BCUT2D eigenvalue weighted by Crippen LogP contribution is 2.47. The molecular weight excluding hydrogens is 370 g/mol. The number of aromatic nitrogens is 1. The van der Waals surface area contributed by atoms with E-state index in [0.717, 1.165) is 22.2 Å². The Kier molecular flexibility index (Phi) is 3.65. The van der Waals surface area contributed by atoms with E-state index in [1.807, 2.05) is 31.2 Å². The molecule has 3 heterocycles. The largest absolute Gasteiger partial charge is 0.497 e. The standard InChI is InChI=1S/C22H21N3O4/c1-22-19-15(14-6-4-5-7-16(14)23-19)10-11-24(22)21(27)25(20(22)26)17-12-13(28-2)8-9-18(17)29-3/h4-9,12,23H,10-11H2,1-3H3. The lowest BCUT2D eigenvalue weighted by Gasteiger charge is -2.35. The van der Waals surface area contributed by atoms with E-state index < -0.39 is 5.54 Å². The number of methoxy groups -OCH3 is 2. The molecule has 29 heavy (non-hydrogen) atoms. The summed E-state index contributed by atoms with van der Waals surface area (Å²) in [5.41, 5.74) is 2.14. The minimum atomic E-state index is -1.10. The van der Waals surface area contributed by atoms with Gasteiger partial charge in [-0.2, -0.15) is 0 Å². The first kappa shape index (κ1) is 17.6. The van der Waals surface area contributed by atoms with Crippen molar-refractivity contribution >= 4 is 28.5 Å². The van der Waals surface area contributed by atoms with Crippen molar-refractivity contribution in [1.29, 1.82) is 0 Å². The van der Waals surface area contributed by atoms with Gasteiger partial charge in [-0.3, -0.25) is 4.79 Å². The number of para-hydroxylation sites is 1. The Balaban J connectivity index is 1.69. The zero-order chi connectivity index (χ0) is 20.3. The predicted molar refractivity (Wildman–Crippen MR) is 108 cm³/mol. The van der Waals surface area contributed by atoms with E-state index in [-0.39, 0.29) is 11.9 Å². The van der Waals surface area contributed by atoms with Gasteiger partial charge < -0.3 is 19.4 Å². The van der Waals surface area contributed by atoms with Gasteiger partial charge in [-0.05, 0) is 37.1 Å². The quantitative estimate of drug-likeness (QED) is 0.694. The van der Waals surface area contributed by atoms with E-state index in [2.05, 4.69) is 4.98 Å². The van der Waals surface area contributed by atoms with Crippen LogP contribution in [-0.2, 0) is 16.8 Å². The van der Waals surface area contributed by atoms with E-state index >= 15 is 0 Å². The Bertz CT molecular complexity index is 1170. The predicted octanol–water partition coefficient (Wildman–Crippen LogP) is 3.43. The van der Waals surface area contributed by atoms with Crippen molar-refractivity contribution in [3.05, 3.63) is 53.7 Å². The van der Waals surface area contributed by atoms with Gasteiger partial charge in [-0.15, -0.1) is 0 Å². The van der Waals surface area contributed by atoms with Crippen LogP contribution in [0, 0.1) is 0 Å². The second-order valence-electron chi connectivity index (χ2n) is 7.46. The number of hydrogen-bond donors (Lipinski definition) is 1. The lowest BCUT2D eigenvalue weighted by atomic mass is 9.87. The summed E-state index contributed by atoms with van der Waals surface area (Å²) in [5.74, 6) is 0.678. The zero-order valence-corrected chi connectivity index (χ0v) is 16.5. The molecule has 3 amide bonds. The average Bonchev–Trinajstić information content (AvgIpc) is 3.22. The van der Waals surface area contributed by atoms with Crippen molar-refractivity contribution in [3.8, 4) is 11.5 Å². The molecule has 1 saturated heterocycles. The average molecular weight is 391 g/mol. The normalized spacial score (nSPS) is 20.8. The Labute approximate surface area is 167 Å². The molecular formula is C22H21N3O4. The zero-order valence-electron chi connectivity index (χ0n) is 16.5. The summed E-state index contributed by atoms with van der Waals surface area (Å²) in [6.45, 7) is 2.28. The second-order valence-corrected chi connectivity index (χ2v) is 7.46. The number of urea groups is 1. The van der Waals surface area contributed by atoms with E-state index in [4.69, 9.17) is 9.47 Å². The topological polar surface area (TPSA) is 74.9 Å². The van der Waals surface area contributed by atoms with E-state index in [1.54, 1.807) is 30.2 Å². The third-order valence-electron chi connectivity index (χ3n) is 6.09. The number of imide groups is 1. The van der Waals surface area contributed by atoms with Crippen molar-refractivity contribution < 1.29 is 19.1 Å². The fourth-order valence-electron chi connectivity index (χ4n) is 4.58. The molecule has 0 spiro atoms. The molecule has 1 aromatic heterocycles. The molecule has 148 valence electrons. The van der Waals surface area contributed by atoms with Gasteiger partial charge >= 0.3 is 6.03 Å². The molecule has 0 radical (unpaired) electrons. The number of benzene rings is 2. The summed E-state index contributed by atoms with van der Waals surface area (Å²) in [4.78, 5) is 33.4. The van der Waals surface area contributed by atoms with Gasteiger partial charge in [-0.1, -0.05) is 18.2 Å². The number of carbonyl (C=O) groups excluding carboxylic acids is 2. The Morgan fingerprint density at radius 2 is 1.86 bits per heavy atom. The highest BCUT2D eigenvalue weighted by atomic mass is 16.5. The molecule has 2 aliphatic rings. The van der Waals surface area contributed by atoms with Gasteiger partial charge in [-0.25, -0.2) is 9.69 Å². The van der Waals surface area contributed by atoms with Gasteiger partial charge in [0.1, 0.15) is 11.5 Å². The van der Waals surface area contributed by atoms with Crippen LogP contribution in [-0.4, -0.2) is 42.6 Å². The first-order valence-electron chi connectivity index (χ1n) is 9.49. The third-order valence-corrected chi connectivity index (χ3v) is 6.09. The van der Waals surface area contributed by atoms with Crippen LogP contribution in [0.25, 0.3) is 10.9 Å². The molecule has 1 N–H and O–H groups in total. The van der Waals surface area contributed by atoms with Crippen molar-refractivity contribution in [2.24, 2.45) is 0 Å². The molecule has 7 heteroatoms. The monoisotopic (exact) mass is 391 g/mol. The molecule has 0 bridgehead atoms. The fraction of sp³-hybridized carbons (Fsp3) is 0.273. The van der Waals surface area contributed by atoms with E-state index in [9.17, 15) is 9.59 Å². The minimum Gasteiger partial charge on any atom is -0.497 e. The smallest absolute Gasteiger partial charge is 0.332 e. The maximum absolute atomic E-state index is 13.7. The number of nitrogens with one attached hydrogen (secondary N) is 1. The Morgan fingerprint density at radius 1 is 1.07 bits per heavy atom. The molecule has 2 aliphatic heterocycles. The summed E-state index contributed by atoms with van der Waals surface area (Å²) in [5, 5.41) is 1.10. The molecule has 1 atom stereocenters. The van der Waals surface area contributed by atoms with Crippen molar-refractivity contribution in [1.82, 2.24) is 9.88 Å². The van der Waals surface area contributed by atoms with Gasteiger partial charge in [0.25, 0.3) is 5.91 Å². The molecule has 3 aromatic rings. The van der Waals surface area contributed by atoms with Crippen LogP contribution in [0.3, 0.4) is 0 Å². The van der Waals surface area contributed by atoms with E-state index in [1.165, 1.54) is 12.0 Å². The number of ether oxygens (including phenoxy) is 2. The lowest BCUT2D eigenvalue weighted by molar-refractivity contribution is -0.125. The number of anilines is 1. The molecule has 1 fully saturated rings. The minimum absolute atomic E-state index is 0.304. The number of fused-ring (bicyclic) bond motifs is 5. The summed E-state index contributed by atoms with van der Waals surface area (Å²) in [6, 6.07) is 12.7. The number of H-pyrrole nitrogens is 1. The molecule has 2 aromatic carbocycles. The van der Waals surface area contributed by atoms with Crippen LogP contribution < -0.4 is 14.4 Å². The Morgan fingerprint density at radius 3 is 2.62 bits per heavy atom. The number of amides is 3. The molecule has 1 unspecified atom stereocenters. The van der Waals surface area contributed by atoms with Gasteiger partial charge in [0, 0.05) is 23.5 Å². The number of nitrogens with zero attached hydrogens (tertiary/aromatic N) is 2. The summed E-state index contributed by atoms with van der Waals surface area (Å²) in [6.07, 6.45) is 0.692. The SMILES string of the molecule is COc1ccc(OC)c(N2C(=O)N3CCc4c([nH]c5ccccc45)C3(C)C2=O)c1. The van der Waals surface area contributed by atoms with Crippen LogP contribution in [0.15, 0.2) is 42.5 Å². The highest BCUT2D eigenvalue weighted by molar-refractivity contribution is 6.24. The van der Waals surface area contributed by atoms with Gasteiger partial charge in [0.15, 0.2) is 5.54 Å². The van der Waals surface area contributed by atoms with Crippen LogP contribution >= 0.6 is 0 Å². The second kappa shape index (κ2) is 6.01. The van der Waals surface area contributed by atoms with Crippen molar-refractivity contribution in [2.75, 3.05) is 25.7 Å². The molecule has 5 rings (SSSR count). The van der Waals surface area contributed by atoms with Crippen LogP contribution in [0.4, 0.5) is 10.5 Å². The number of aromatic amines is 1. The molecule has 0 aliphatic carbocycles. The van der Waals surface area contributed by atoms with Crippen molar-refractivity contribution in [2.45, 2.75) is 18.9 Å². The molecule has 7 nitrogen and oxygen atoms in total.